The van der Waals surface area contributed by atoms with Gasteiger partial charge in [-0.2, -0.15) is 0 Å². The molecule has 0 fully saturated rings. The molecular weight excluding hydrogens is 258 g/mol. The van der Waals surface area contributed by atoms with E-state index < -0.39 is 0 Å². The lowest BCUT2D eigenvalue weighted by molar-refractivity contribution is 0.415. The van der Waals surface area contributed by atoms with E-state index in [4.69, 9.17) is 4.74 Å². The van der Waals surface area contributed by atoms with Gasteiger partial charge in [0.1, 0.15) is 5.75 Å². The zero-order valence-electron chi connectivity index (χ0n) is 11.5. The van der Waals surface area contributed by atoms with Crippen LogP contribution >= 0.6 is 11.3 Å². The van der Waals surface area contributed by atoms with Crippen molar-refractivity contribution < 1.29 is 4.74 Å². The van der Waals surface area contributed by atoms with E-state index in [0.717, 1.165) is 29.7 Å². The molecule has 0 atom stereocenters. The lowest BCUT2D eigenvalue weighted by atomic mass is 10.2. The lowest BCUT2D eigenvalue weighted by Crippen LogP contribution is -2.16. The van der Waals surface area contributed by atoms with Crippen LogP contribution in [0, 0.1) is 0 Å². The fraction of sp³-hybridized carbons (Fsp3) is 0.357. The van der Waals surface area contributed by atoms with E-state index in [2.05, 4.69) is 35.2 Å². The summed E-state index contributed by atoms with van der Waals surface area (Å²) >= 11 is 1.69. The predicted octanol–water partition coefficient (Wildman–Crippen LogP) is 3.22. The summed E-state index contributed by atoms with van der Waals surface area (Å²) in [6.45, 7) is 3.79. The summed E-state index contributed by atoms with van der Waals surface area (Å²) in [5.41, 5.74) is 1.09. The molecule has 0 spiro atoms. The largest absolute Gasteiger partial charge is 0.495 e. The van der Waals surface area contributed by atoms with Crippen LogP contribution in [0.15, 0.2) is 30.5 Å². The third-order valence-electron chi connectivity index (χ3n) is 2.77. The number of hydrogen-bond donors (Lipinski definition) is 1. The molecule has 0 saturated heterocycles. The highest BCUT2D eigenvalue weighted by Gasteiger charge is 2.09. The van der Waals surface area contributed by atoms with E-state index in [1.807, 2.05) is 24.4 Å². The van der Waals surface area contributed by atoms with Gasteiger partial charge in [0.25, 0.3) is 0 Å². The minimum Gasteiger partial charge on any atom is -0.495 e. The molecule has 1 aromatic heterocycles. The van der Waals surface area contributed by atoms with E-state index >= 15 is 0 Å². The Labute approximate surface area is 118 Å². The molecule has 0 saturated carbocycles. The number of methoxy groups -OCH3 is 1. The number of benzene rings is 1. The molecule has 1 aromatic carbocycles. The smallest absolute Gasteiger partial charge is 0.182 e. The number of anilines is 2. The molecule has 1 heterocycles. The van der Waals surface area contributed by atoms with Crippen molar-refractivity contribution in [3.05, 3.63) is 35.3 Å². The van der Waals surface area contributed by atoms with E-state index in [1.165, 1.54) is 4.88 Å². The van der Waals surface area contributed by atoms with Gasteiger partial charge in [0.2, 0.25) is 0 Å². The number of nitrogens with one attached hydrogen (secondary N) is 1. The Kier molecular flexibility index (Phi) is 4.63. The van der Waals surface area contributed by atoms with Crippen LogP contribution < -0.4 is 15.0 Å². The number of aromatic nitrogens is 1. The highest BCUT2D eigenvalue weighted by atomic mass is 32.1. The SMILES string of the molecule is CCNc1ncc(CN(C)c2ccccc2OC)s1. The van der Waals surface area contributed by atoms with Crippen LogP contribution in [-0.2, 0) is 6.54 Å². The van der Waals surface area contributed by atoms with Gasteiger partial charge < -0.3 is 15.0 Å². The molecule has 0 amide bonds. The van der Waals surface area contributed by atoms with Crippen LogP contribution in [0.3, 0.4) is 0 Å². The van der Waals surface area contributed by atoms with Gasteiger partial charge in [-0.25, -0.2) is 4.98 Å². The van der Waals surface area contributed by atoms with Crippen molar-refractivity contribution in [3.63, 3.8) is 0 Å². The van der Waals surface area contributed by atoms with Gasteiger partial charge in [-0.3, -0.25) is 0 Å². The van der Waals surface area contributed by atoms with Crippen molar-refractivity contribution in [1.29, 1.82) is 0 Å². The van der Waals surface area contributed by atoms with Crippen LogP contribution in [-0.4, -0.2) is 25.7 Å². The molecule has 0 radical (unpaired) electrons. The van der Waals surface area contributed by atoms with Crippen molar-refractivity contribution in [3.8, 4) is 5.75 Å². The van der Waals surface area contributed by atoms with Crippen molar-refractivity contribution in [1.82, 2.24) is 4.98 Å². The normalized spacial score (nSPS) is 10.3. The van der Waals surface area contributed by atoms with Crippen LogP contribution in [0.25, 0.3) is 0 Å². The van der Waals surface area contributed by atoms with Crippen LogP contribution in [0.1, 0.15) is 11.8 Å². The molecule has 0 unspecified atom stereocenters. The van der Waals surface area contributed by atoms with Crippen molar-refractivity contribution in [2.45, 2.75) is 13.5 Å². The third kappa shape index (κ3) is 3.38. The summed E-state index contributed by atoms with van der Waals surface area (Å²) < 4.78 is 5.38. The van der Waals surface area contributed by atoms with Gasteiger partial charge >= 0.3 is 0 Å². The van der Waals surface area contributed by atoms with Crippen LogP contribution in [0.4, 0.5) is 10.8 Å². The maximum absolute atomic E-state index is 5.38. The molecule has 102 valence electrons. The monoisotopic (exact) mass is 277 g/mol. The zero-order chi connectivity index (χ0) is 13.7. The quantitative estimate of drug-likeness (QED) is 0.879. The number of ether oxygens (including phenoxy) is 1. The minimum absolute atomic E-state index is 0.823. The van der Waals surface area contributed by atoms with E-state index in [9.17, 15) is 0 Å². The Morgan fingerprint density at radius 3 is 2.89 bits per heavy atom. The Balaban J connectivity index is 2.09. The highest BCUT2D eigenvalue weighted by molar-refractivity contribution is 7.15. The first kappa shape index (κ1) is 13.7. The van der Waals surface area contributed by atoms with E-state index in [-0.39, 0.29) is 0 Å². The van der Waals surface area contributed by atoms with Crippen LogP contribution in [0.2, 0.25) is 0 Å². The second kappa shape index (κ2) is 6.43. The van der Waals surface area contributed by atoms with Crippen molar-refractivity contribution in [2.75, 3.05) is 30.9 Å². The average Bonchev–Trinajstić information content (AvgIpc) is 2.86. The summed E-state index contributed by atoms with van der Waals surface area (Å²) in [4.78, 5) is 7.74. The van der Waals surface area contributed by atoms with E-state index in [0.29, 0.717) is 0 Å². The fourth-order valence-corrected chi connectivity index (χ4v) is 2.81. The first-order valence-corrected chi connectivity index (χ1v) is 7.09. The summed E-state index contributed by atoms with van der Waals surface area (Å²) in [6, 6.07) is 8.03. The molecular formula is C14H19N3OS. The molecule has 0 aliphatic carbocycles. The van der Waals surface area contributed by atoms with Gasteiger partial charge in [-0.05, 0) is 19.1 Å². The summed E-state index contributed by atoms with van der Waals surface area (Å²) in [7, 11) is 3.76. The maximum atomic E-state index is 5.38. The highest BCUT2D eigenvalue weighted by Crippen LogP contribution is 2.29. The molecule has 2 aromatic rings. The fourth-order valence-electron chi connectivity index (χ4n) is 1.88. The zero-order valence-corrected chi connectivity index (χ0v) is 12.3. The predicted molar refractivity (Wildman–Crippen MR) is 81.4 cm³/mol. The lowest BCUT2D eigenvalue weighted by Gasteiger charge is -2.20. The van der Waals surface area contributed by atoms with E-state index in [1.54, 1.807) is 18.4 Å². The first-order chi connectivity index (χ1) is 9.24. The molecule has 2 rings (SSSR count). The third-order valence-corrected chi connectivity index (χ3v) is 3.71. The Hall–Kier alpha value is -1.75. The summed E-state index contributed by atoms with van der Waals surface area (Å²) in [6.07, 6.45) is 1.93. The summed E-state index contributed by atoms with van der Waals surface area (Å²) in [5.74, 6) is 0.890. The second-order valence-electron chi connectivity index (χ2n) is 4.19. The Morgan fingerprint density at radius 1 is 1.37 bits per heavy atom. The van der Waals surface area contributed by atoms with Crippen LogP contribution in [0.5, 0.6) is 5.75 Å². The van der Waals surface area contributed by atoms with Crippen molar-refractivity contribution in [2.24, 2.45) is 0 Å². The number of rotatable bonds is 6. The first-order valence-electron chi connectivity index (χ1n) is 6.27. The minimum atomic E-state index is 0.823. The maximum Gasteiger partial charge on any atom is 0.182 e. The average molecular weight is 277 g/mol. The molecule has 4 nitrogen and oxygen atoms in total. The topological polar surface area (TPSA) is 37.4 Å². The van der Waals surface area contributed by atoms with Gasteiger partial charge in [0.15, 0.2) is 5.13 Å². The van der Waals surface area contributed by atoms with Gasteiger partial charge in [-0.15, -0.1) is 11.3 Å². The number of hydrogen-bond acceptors (Lipinski definition) is 5. The molecule has 19 heavy (non-hydrogen) atoms. The second-order valence-corrected chi connectivity index (χ2v) is 5.31. The molecule has 1 N–H and O–H groups in total. The standard InChI is InChI=1S/C14H19N3OS/c1-4-15-14-16-9-11(19-14)10-17(2)12-7-5-6-8-13(12)18-3/h5-9H,4,10H2,1-3H3,(H,15,16). The van der Waals surface area contributed by atoms with Gasteiger partial charge in [-0.1, -0.05) is 12.1 Å². The molecule has 5 heteroatoms. The number of para-hydroxylation sites is 2. The molecule has 0 aliphatic rings. The Morgan fingerprint density at radius 2 is 2.16 bits per heavy atom. The molecule has 0 aliphatic heterocycles. The molecule has 0 bridgehead atoms. The number of nitrogens with zero attached hydrogens (tertiary/aromatic N) is 2. The Bertz CT molecular complexity index is 527. The summed E-state index contributed by atoms with van der Waals surface area (Å²) in [5, 5.41) is 4.21. The van der Waals surface area contributed by atoms with Gasteiger partial charge in [0, 0.05) is 24.7 Å². The van der Waals surface area contributed by atoms with Crippen molar-refractivity contribution >= 4 is 22.2 Å². The van der Waals surface area contributed by atoms with Gasteiger partial charge in [0.05, 0.1) is 19.3 Å². The number of thiazole rings is 1.